The molecule has 0 aromatic heterocycles. The van der Waals surface area contributed by atoms with Gasteiger partial charge in [0.25, 0.3) is 5.91 Å². The molecule has 0 aliphatic rings. The van der Waals surface area contributed by atoms with E-state index in [1.54, 1.807) is 6.07 Å². The first kappa shape index (κ1) is 19.3. The average molecular weight is 493 g/mol. The minimum absolute atomic E-state index is 0.121. The molecule has 3 aromatic rings. The molecule has 0 aliphatic carbocycles. The monoisotopic (exact) mass is 491 g/mol. The molecule has 27 heavy (non-hydrogen) atoms. The largest absolute Gasteiger partial charge is 0.506 e. The van der Waals surface area contributed by atoms with Crippen molar-refractivity contribution in [3.8, 4) is 11.5 Å². The molecule has 0 heterocycles. The summed E-state index contributed by atoms with van der Waals surface area (Å²) < 4.78 is 0.525. The van der Waals surface area contributed by atoms with E-state index in [1.807, 2.05) is 36.4 Å². The maximum Gasteiger partial charge on any atom is 0.262 e. The van der Waals surface area contributed by atoms with Crippen LogP contribution < -0.4 is 10.9 Å². The highest BCUT2D eigenvalue weighted by Gasteiger charge is 2.15. The third-order valence-electron chi connectivity index (χ3n) is 3.95. The van der Waals surface area contributed by atoms with Gasteiger partial charge in [-0.1, -0.05) is 36.4 Å². The van der Waals surface area contributed by atoms with Gasteiger partial charge in [0.2, 0.25) is 0 Å². The standard InChI is InChI=1S/C19H15Br2N3O3/c20-14-8-12(18(26)17(21)19(14)27)9-23-10-16(25)24(22)15-7-3-5-11-4-1-2-6-13(11)15/h1-9,26-27H,10,22H2. The zero-order valence-electron chi connectivity index (χ0n) is 13.9. The fourth-order valence-corrected chi connectivity index (χ4v) is 3.72. The quantitative estimate of drug-likeness (QED) is 0.221. The second-order valence-electron chi connectivity index (χ2n) is 5.69. The van der Waals surface area contributed by atoms with Crippen LogP contribution in [0.2, 0.25) is 0 Å². The van der Waals surface area contributed by atoms with Gasteiger partial charge in [-0.05, 0) is 49.4 Å². The molecule has 0 fully saturated rings. The van der Waals surface area contributed by atoms with E-state index in [4.69, 9.17) is 5.84 Å². The number of phenols is 2. The maximum atomic E-state index is 12.4. The molecule has 6 nitrogen and oxygen atoms in total. The van der Waals surface area contributed by atoms with Crippen LogP contribution in [-0.2, 0) is 4.79 Å². The molecule has 8 heteroatoms. The lowest BCUT2D eigenvalue weighted by atomic mass is 10.1. The Morgan fingerprint density at radius 2 is 1.81 bits per heavy atom. The summed E-state index contributed by atoms with van der Waals surface area (Å²) >= 11 is 6.27. The Hall–Kier alpha value is -2.42. The topological polar surface area (TPSA) is 99.2 Å². The highest BCUT2D eigenvalue weighted by Crippen LogP contribution is 2.40. The Kier molecular flexibility index (Phi) is 5.79. The van der Waals surface area contributed by atoms with Crippen LogP contribution in [0.3, 0.4) is 0 Å². The Morgan fingerprint density at radius 1 is 1.11 bits per heavy atom. The van der Waals surface area contributed by atoms with E-state index in [9.17, 15) is 15.0 Å². The van der Waals surface area contributed by atoms with Gasteiger partial charge in [-0.3, -0.25) is 9.79 Å². The molecule has 1 amide bonds. The minimum atomic E-state index is -0.404. The molecule has 0 saturated carbocycles. The van der Waals surface area contributed by atoms with E-state index < -0.39 is 5.91 Å². The number of nitrogens with two attached hydrogens (primary N) is 1. The summed E-state index contributed by atoms with van der Waals surface area (Å²) in [6.45, 7) is -0.199. The van der Waals surface area contributed by atoms with Crippen molar-refractivity contribution in [2.75, 3.05) is 11.6 Å². The Labute approximate surface area is 172 Å². The average Bonchev–Trinajstić information content (AvgIpc) is 2.69. The van der Waals surface area contributed by atoms with Crippen LogP contribution in [-0.4, -0.2) is 28.9 Å². The summed E-state index contributed by atoms with van der Waals surface area (Å²) in [5, 5.41) is 22.7. The number of halogens is 2. The summed E-state index contributed by atoms with van der Waals surface area (Å²) in [5.74, 6) is 5.29. The van der Waals surface area contributed by atoms with Crippen molar-refractivity contribution in [1.82, 2.24) is 0 Å². The van der Waals surface area contributed by atoms with Gasteiger partial charge in [-0.2, -0.15) is 0 Å². The van der Waals surface area contributed by atoms with Gasteiger partial charge in [0.05, 0.1) is 10.2 Å². The molecule has 0 unspecified atom stereocenters. The number of hydrogen-bond donors (Lipinski definition) is 3. The second kappa shape index (κ2) is 8.08. The summed E-state index contributed by atoms with van der Waals surface area (Å²) in [7, 11) is 0. The molecule has 0 radical (unpaired) electrons. The van der Waals surface area contributed by atoms with Crippen LogP contribution in [0.4, 0.5) is 5.69 Å². The summed E-state index contributed by atoms with van der Waals surface area (Å²) in [6.07, 6.45) is 1.35. The fourth-order valence-electron chi connectivity index (χ4n) is 2.57. The summed E-state index contributed by atoms with van der Waals surface area (Å²) in [4.78, 5) is 16.5. The number of rotatable bonds is 4. The van der Waals surface area contributed by atoms with Gasteiger partial charge >= 0.3 is 0 Å². The van der Waals surface area contributed by atoms with Gasteiger partial charge in [0.15, 0.2) is 0 Å². The fraction of sp³-hybridized carbons (Fsp3) is 0.0526. The highest BCUT2D eigenvalue weighted by atomic mass is 79.9. The molecule has 0 aliphatic heterocycles. The van der Waals surface area contributed by atoms with Gasteiger partial charge in [0, 0.05) is 17.2 Å². The maximum absolute atomic E-state index is 12.4. The number of benzene rings is 3. The van der Waals surface area contributed by atoms with Crippen molar-refractivity contribution in [2.24, 2.45) is 10.8 Å². The van der Waals surface area contributed by atoms with Crippen molar-refractivity contribution in [3.63, 3.8) is 0 Å². The molecule has 3 rings (SSSR count). The molecule has 0 atom stereocenters. The van der Waals surface area contributed by atoms with E-state index in [0.717, 1.165) is 15.8 Å². The first-order valence-corrected chi connectivity index (χ1v) is 9.44. The number of nitrogens with zero attached hydrogens (tertiary/aromatic N) is 2. The lowest BCUT2D eigenvalue weighted by molar-refractivity contribution is -0.117. The number of carbonyl (C=O) groups excluding carboxylic acids is 1. The number of amides is 1. The molecule has 4 N–H and O–H groups in total. The van der Waals surface area contributed by atoms with Crippen LogP contribution in [0, 0.1) is 0 Å². The van der Waals surface area contributed by atoms with Crippen molar-refractivity contribution in [3.05, 3.63) is 63.0 Å². The zero-order chi connectivity index (χ0) is 19.6. The van der Waals surface area contributed by atoms with Crippen molar-refractivity contribution in [1.29, 1.82) is 0 Å². The lowest BCUT2D eigenvalue weighted by Gasteiger charge is -2.17. The third-order valence-corrected chi connectivity index (χ3v) is 5.31. The molecule has 138 valence electrons. The van der Waals surface area contributed by atoms with Gasteiger partial charge in [-0.15, -0.1) is 0 Å². The van der Waals surface area contributed by atoms with Crippen molar-refractivity contribution in [2.45, 2.75) is 0 Å². The number of carbonyl (C=O) groups is 1. The van der Waals surface area contributed by atoms with Crippen LogP contribution in [0.25, 0.3) is 10.8 Å². The van der Waals surface area contributed by atoms with Gasteiger partial charge in [-0.25, -0.2) is 10.9 Å². The number of anilines is 1. The van der Waals surface area contributed by atoms with E-state index in [1.165, 1.54) is 12.3 Å². The number of phenolic OH excluding ortho intramolecular Hbond substituents is 2. The lowest BCUT2D eigenvalue weighted by Crippen LogP contribution is -2.39. The molecule has 0 saturated heterocycles. The van der Waals surface area contributed by atoms with Crippen LogP contribution in [0.5, 0.6) is 11.5 Å². The van der Waals surface area contributed by atoms with Crippen LogP contribution in [0.15, 0.2) is 62.5 Å². The van der Waals surface area contributed by atoms with Crippen LogP contribution in [0.1, 0.15) is 5.56 Å². The molecule has 0 bridgehead atoms. The summed E-state index contributed by atoms with van der Waals surface area (Å²) in [5.41, 5.74) is 0.930. The van der Waals surface area contributed by atoms with E-state index in [0.29, 0.717) is 15.7 Å². The van der Waals surface area contributed by atoms with Gasteiger partial charge < -0.3 is 10.2 Å². The SMILES string of the molecule is NN(C(=O)CN=Cc1cc(Br)c(O)c(Br)c1O)c1cccc2ccccc12. The van der Waals surface area contributed by atoms with Crippen LogP contribution >= 0.6 is 31.9 Å². The number of hydrazine groups is 1. The number of aliphatic imine (C=N–C) groups is 1. The van der Waals surface area contributed by atoms with Crippen molar-refractivity contribution < 1.29 is 15.0 Å². The number of fused-ring (bicyclic) bond motifs is 1. The third kappa shape index (κ3) is 3.97. The Bertz CT molecular complexity index is 1050. The normalized spacial score (nSPS) is 11.2. The van der Waals surface area contributed by atoms with E-state index in [-0.39, 0.29) is 22.5 Å². The van der Waals surface area contributed by atoms with Crippen molar-refractivity contribution >= 4 is 60.4 Å². The number of hydrogen-bond acceptors (Lipinski definition) is 5. The first-order valence-electron chi connectivity index (χ1n) is 7.85. The molecule has 0 spiro atoms. The van der Waals surface area contributed by atoms with E-state index in [2.05, 4.69) is 36.9 Å². The predicted octanol–water partition coefficient (Wildman–Crippen LogP) is 4.10. The van der Waals surface area contributed by atoms with E-state index >= 15 is 0 Å². The second-order valence-corrected chi connectivity index (χ2v) is 7.34. The smallest absolute Gasteiger partial charge is 0.262 e. The summed E-state index contributed by atoms with van der Waals surface area (Å²) in [6, 6.07) is 14.7. The predicted molar refractivity (Wildman–Crippen MR) is 113 cm³/mol. The first-order chi connectivity index (χ1) is 12.9. The van der Waals surface area contributed by atoms with Gasteiger partial charge in [0.1, 0.15) is 22.5 Å². The molecular formula is C19H15Br2N3O3. The minimum Gasteiger partial charge on any atom is -0.506 e. The molecule has 3 aromatic carbocycles. The molecular weight excluding hydrogens is 478 g/mol. The Balaban J connectivity index is 1.79. The zero-order valence-corrected chi connectivity index (χ0v) is 17.1. The number of aromatic hydroxyl groups is 2. The Morgan fingerprint density at radius 3 is 2.59 bits per heavy atom. The highest BCUT2D eigenvalue weighted by molar-refractivity contribution is 9.11.